The first kappa shape index (κ1) is 42.8. The molecule has 4 aliphatic carbocycles. The lowest BCUT2D eigenvalue weighted by Crippen LogP contribution is -2.78. The molecule has 2 heterocycles. The molecule has 2 aliphatic heterocycles. The molecule has 0 spiro atoms. The van der Waals surface area contributed by atoms with Crippen molar-refractivity contribution < 1.29 is 63.5 Å². The highest BCUT2D eigenvalue weighted by atomic mass is 16.7. The molecule has 0 unspecified atom stereocenters. The standard InChI is InChI=1S/C44H64O13/c1-25-38(47)31(51-6)22-37(53-25)57-39-26(2)54-36(23-32(39)52-7)55-30-16-17-40(4)29(21-30)15-18-43(49)33(40)24-34(56-35(46)14-13-28-11-9-8-10-12-28)41(5)42(48,27(3)45)19-20-44(41,43)50/h8-15,25-27,30-34,36-39,45,47-50H,16-24H2,1-7H3/b14-13+/t25-,26-,27+,30+,31-,32+,33-,34-,36+,37+,38-,39-,40+,41-,42-,43+,44-/m1/s1. The molecule has 0 amide bonds. The Morgan fingerprint density at radius 1 is 0.912 bits per heavy atom. The van der Waals surface area contributed by atoms with Gasteiger partial charge >= 0.3 is 5.97 Å². The molecule has 318 valence electrons. The van der Waals surface area contributed by atoms with Crippen LogP contribution in [0.5, 0.6) is 0 Å². The quantitative estimate of drug-likeness (QED) is 0.130. The first-order valence-electron chi connectivity index (χ1n) is 20.8. The van der Waals surface area contributed by atoms with Crippen molar-refractivity contribution in [1.29, 1.82) is 0 Å². The van der Waals surface area contributed by atoms with Crippen molar-refractivity contribution in [2.75, 3.05) is 14.2 Å². The van der Waals surface area contributed by atoms with E-state index < -0.39 is 88.7 Å². The van der Waals surface area contributed by atoms with Gasteiger partial charge in [0.2, 0.25) is 0 Å². The molecule has 17 atom stereocenters. The number of aliphatic hydroxyl groups excluding tert-OH is 2. The number of hydrogen-bond acceptors (Lipinski definition) is 13. The number of rotatable bonds is 10. The number of methoxy groups -OCH3 is 2. The van der Waals surface area contributed by atoms with Crippen LogP contribution in [0.2, 0.25) is 0 Å². The van der Waals surface area contributed by atoms with E-state index in [-0.39, 0.29) is 44.0 Å². The summed E-state index contributed by atoms with van der Waals surface area (Å²) in [6.45, 7) is 8.97. The third kappa shape index (κ3) is 7.06. The van der Waals surface area contributed by atoms with Crippen LogP contribution in [0.1, 0.15) is 98.0 Å². The monoisotopic (exact) mass is 800 g/mol. The fourth-order valence-electron chi connectivity index (χ4n) is 11.8. The van der Waals surface area contributed by atoms with Gasteiger partial charge in [-0.25, -0.2) is 4.79 Å². The molecule has 7 rings (SSSR count). The van der Waals surface area contributed by atoms with E-state index in [1.165, 1.54) is 13.0 Å². The lowest BCUT2D eigenvalue weighted by molar-refractivity contribution is -0.328. The first-order chi connectivity index (χ1) is 26.9. The average Bonchev–Trinajstić information content (AvgIpc) is 3.42. The van der Waals surface area contributed by atoms with Gasteiger partial charge in [-0.15, -0.1) is 0 Å². The van der Waals surface area contributed by atoms with Gasteiger partial charge in [0.25, 0.3) is 0 Å². The maximum atomic E-state index is 13.5. The van der Waals surface area contributed by atoms with Crippen molar-refractivity contribution in [2.24, 2.45) is 16.7 Å². The topological polar surface area (TPSA) is 183 Å². The Bertz CT molecular complexity index is 1650. The normalized spacial score (nSPS) is 47.7. The summed E-state index contributed by atoms with van der Waals surface area (Å²) in [4.78, 5) is 13.5. The zero-order valence-electron chi connectivity index (χ0n) is 34.4. The van der Waals surface area contributed by atoms with Crippen molar-refractivity contribution in [2.45, 2.75) is 177 Å². The van der Waals surface area contributed by atoms with E-state index in [1.54, 1.807) is 34.1 Å². The van der Waals surface area contributed by atoms with Crippen molar-refractivity contribution in [3.05, 3.63) is 53.6 Å². The maximum absolute atomic E-state index is 13.5. The molecule has 6 aliphatic rings. The summed E-state index contributed by atoms with van der Waals surface area (Å²) in [5.74, 6) is -1.16. The maximum Gasteiger partial charge on any atom is 0.331 e. The van der Waals surface area contributed by atoms with Gasteiger partial charge in [0.05, 0.1) is 42.0 Å². The number of fused-ring (bicyclic) bond motifs is 5. The van der Waals surface area contributed by atoms with Crippen LogP contribution in [0, 0.1) is 16.7 Å². The third-order valence-electron chi connectivity index (χ3n) is 15.3. The van der Waals surface area contributed by atoms with Gasteiger partial charge < -0.3 is 58.7 Å². The number of esters is 1. The number of aliphatic hydroxyl groups is 5. The highest BCUT2D eigenvalue weighted by Crippen LogP contribution is 2.71. The number of carbonyl (C=O) groups is 1. The van der Waals surface area contributed by atoms with Crippen molar-refractivity contribution >= 4 is 12.0 Å². The summed E-state index contributed by atoms with van der Waals surface area (Å²) in [5, 5.41) is 59.3. The molecule has 1 aromatic rings. The highest BCUT2D eigenvalue weighted by molar-refractivity contribution is 5.87. The molecule has 13 nitrogen and oxygen atoms in total. The molecule has 13 heteroatoms. The molecular weight excluding hydrogens is 736 g/mol. The Morgan fingerprint density at radius 2 is 1.58 bits per heavy atom. The molecule has 0 bridgehead atoms. The Labute approximate surface area is 336 Å². The van der Waals surface area contributed by atoms with Crippen molar-refractivity contribution in [3.8, 4) is 0 Å². The fraction of sp³-hybridized carbons (Fsp3) is 0.750. The second-order valence-corrected chi connectivity index (χ2v) is 18.0. The highest BCUT2D eigenvalue weighted by Gasteiger charge is 2.81. The number of carbonyl (C=O) groups excluding carboxylic acids is 1. The van der Waals surface area contributed by atoms with Gasteiger partial charge in [0.15, 0.2) is 12.6 Å². The summed E-state index contributed by atoms with van der Waals surface area (Å²) in [6, 6.07) is 9.36. The van der Waals surface area contributed by atoms with Crippen LogP contribution in [0.3, 0.4) is 0 Å². The van der Waals surface area contributed by atoms with Gasteiger partial charge in [0.1, 0.15) is 35.1 Å². The molecule has 0 aromatic heterocycles. The van der Waals surface area contributed by atoms with Crippen LogP contribution in [-0.2, 0) is 38.0 Å². The molecule has 2 saturated heterocycles. The second-order valence-electron chi connectivity index (χ2n) is 18.0. The van der Waals surface area contributed by atoms with E-state index in [0.717, 1.165) is 11.1 Å². The van der Waals surface area contributed by atoms with Crippen molar-refractivity contribution in [3.63, 3.8) is 0 Å². The predicted octanol–water partition coefficient (Wildman–Crippen LogP) is 3.96. The Morgan fingerprint density at radius 3 is 2.26 bits per heavy atom. The number of ether oxygens (including phenoxy) is 7. The minimum atomic E-state index is -1.88. The van der Waals surface area contributed by atoms with Gasteiger partial charge in [-0.05, 0) is 82.8 Å². The van der Waals surface area contributed by atoms with Gasteiger partial charge in [0, 0.05) is 39.1 Å². The van der Waals surface area contributed by atoms with Crippen LogP contribution < -0.4 is 0 Å². The van der Waals surface area contributed by atoms with Gasteiger partial charge in [-0.1, -0.05) is 55.8 Å². The average molecular weight is 801 g/mol. The summed E-state index contributed by atoms with van der Waals surface area (Å²) in [7, 11) is 3.21. The largest absolute Gasteiger partial charge is 0.458 e. The summed E-state index contributed by atoms with van der Waals surface area (Å²) < 4.78 is 43.0. The SMILES string of the molecule is CO[C@H]1C[C@H](O[C@H]2CC[C@@]3(C)C(=CC[C@]4(O)[C@@H]3C[C@@H](OC(=O)/C=C/c3ccccc3)[C@@]3(C)[C@]4(O)CC[C@@]3(O)[C@H](C)O)C2)O[C@H](C)[C@H]1O[C@H]1C[C@@H](OC)[C@H](O)[C@@H](C)O1. The van der Waals surface area contributed by atoms with Crippen LogP contribution >= 0.6 is 0 Å². The number of benzene rings is 1. The van der Waals surface area contributed by atoms with E-state index in [4.69, 9.17) is 33.2 Å². The van der Waals surface area contributed by atoms with Crippen molar-refractivity contribution in [1.82, 2.24) is 0 Å². The Balaban J connectivity index is 1.07. The molecular formula is C44H64O13. The van der Waals surface area contributed by atoms with Gasteiger partial charge in [-0.2, -0.15) is 0 Å². The molecule has 5 fully saturated rings. The summed E-state index contributed by atoms with van der Waals surface area (Å²) in [5.41, 5.74) is -5.63. The van der Waals surface area contributed by atoms with Crippen LogP contribution in [0.4, 0.5) is 0 Å². The van der Waals surface area contributed by atoms with E-state index in [0.29, 0.717) is 32.1 Å². The zero-order chi connectivity index (χ0) is 41.1. The number of hydrogen-bond donors (Lipinski definition) is 5. The summed E-state index contributed by atoms with van der Waals surface area (Å²) in [6.07, 6.45) is 1.69. The van der Waals surface area contributed by atoms with Crippen LogP contribution in [0.25, 0.3) is 6.08 Å². The third-order valence-corrected chi connectivity index (χ3v) is 15.3. The molecule has 1 aromatic carbocycles. The van der Waals surface area contributed by atoms with Crippen LogP contribution in [0.15, 0.2) is 48.1 Å². The molecule has 5 N–H and O–H groups in total. The predicted molar refractivity (Wildman–Crippen MR) is 207 cm³/mol. The lowest BCUT2D eigenvalue weighted by atomic mass is 9.42. The smallest absolute Gasteiger partial charge is 0.331 e. The van der Waals surface area contributed by atoms with E-state index in [1.807, 2.05) is 43.3 Å². The minimum absolute atomic E-state index is 0.0280. The van der Waals surface area contributed by atoms with Crippen LogP contribution in [-0.4, -0.2) is 130 Å². The second kappa shape index (κ2) is 16.0. The van der Waals surface area contributed by atoms with E-state index >= 15 is 0 Å². The fourth-order valence-corrected chi connectivity index (χ4v) is 11.8. The van der Waals surface area contributed by atoms with E-state index in [9.17, 15) is 30.3 Å². The molecule has 57 heavy (non-hydrogen) atoms. The molecule has 0 radical (unpaired) electrons. The van der Waals surface area contributed by atoms with E-state index in [2.05, 4.69) is 6.92 Å². The Hall–Kier alpha value is -2.27. The Kier molecular flexibility index (Phi) is 12.0. The summed E-state index contributed by atoms with van der Waals surface area (Å²) >= 11 is 0. The zero-order valence-corrected chi connectivity index (χ0v) is 34.4. The molecule has 3 saturated carbocycles. The minimum Gasteiger partial charge on any atom is -0.458 e. The van der Waals surface area contributed by atoms with Gasteiger partial charge in [-0.3, -0.25) is 0 Å². The first-order valence-corrected chi connectivity index (χ1v) is 20.8. The lowest BCUT2D eigenvalue weighted by Gasteiger charge is -2.67.